The first-order valence-electron chi connectivity index (χ1n) is 6.41. The van der Waals surface area contributed by atoms with Crippen LogP contribution < -0.4 is 11.1 Å². The molecule has 0 saturated carbocycles. The van der Waals surface area contributed by atoms with Crippen molar-refractivity contribution in [3.05, 3.63) is 34.9 Å². The number of hydrogen-bond acceptors (Lipinski definition) is 3. The molecule has 1 aliphatic rings. The van der Waals surface area contributed by atoms with E-state index in [1.165, 1.54) is 5.56 Å². The van der Waals surface area contributed by atoms with Crippen molar-refractivity contribution < 1.29 is 9.53 Å². The van der Waals surface area contributed by atoms with E-state index < -0.39 is 0 Å². The number of nitrogens with one attached hydrogen (secondary N) is 1. The maximum absolute atomic E-state index is 12.0. The number of hydrogen-bond donors (Lipinski definition) is 2. The molecule has 18 heavy (non-hydrogen) atoms. The summed E-state index contributed by atoms with van der Waals surface area (Å²) < 4.78 is 5.34. The van der Waals surface area contributed by atoms with Gasteiger partial charge in [-0.1, -0.05) is 6.07 Å². The summed E-state index contributed by atoms with van der Waals surface area (Å²) in [7, 11) is 0. The first kappa shape index (κ1) is 13.1. The van der Waals surface area contributed by atoms with Crippen LogP contribution >= 0.6 is 0 Å². The minimum atomic E-state index is -0.0192. The molecule has 1 unspecified atom stereocenters. The molecule has 0 radical (unpaired) electrons. The van der Waals surface area contributed by atoms with Crippen molar-refractivity contribution >= 4 is 5.91 Å². The predicted molar refractivity (Wildman–Crippen MR) is 70.2 cm³/mol. The van der Waals surface area contributed by atoms with Gasteiger partial charge in [0.15, 0.2) is 0 Å². The Morgan fingerprint density at radius 1 is 1.44 bits per heavy atom. The Bertz CT molecular complexity index is 432. The van der Waals surface area contributed by atoms with Crippen molar-refractivity contribution in [3.8, 4) is 0 Å². The van der Waals surface area contributed by atoms with Gasteiger partial charge in [0.05, 0.1) is 13.2 Å². The minimum absolute atomic E-state index is 0.0192. The average molecular weight is 248 g/mol. The fourth-order valence-electron chi connectivity index (χ4n) is 2.12. The summed E-state index contributed by atoms with van der Waals surface area (Å²) in [4.78, 5) is 12.0. The second-order valence-corrected chi connectivity index (χ2v) is 4.78. The van der Waals surface area contributed by atoms with Crippen molar-refractivity contribution in [3.63, 3.8) is 0 Å². The molecular formula is C14H20N2O2. The molecule has 0 spiro atoms. The molecule has 0 aromatic heterocycles. The normalized spacial score (nSPS) is 15.2. The SMILES string of the molecule is CC(CCCN)NC(=O)c1ccc2c(c1)COC2. The van der Waals surface area contributed by atoms with Gasteiger partial charge in [0.2, 0.25) is 0 Å². The summed E-state index contributed by atoms with van der Waals surface area (Å²) in [6, 6.07) is 5.92. The molecular weight excluding hydrogens is 228 g/mol. The second-order valence-electron chi connectivity index (χ2n) is 4.78. The Morgan fingerprint density at radius 3 is 3.00 bits per heavy atom. The van der Waals surface area contributed by atoms with E-state index in [1.807, 2.05) is 25.1 Å². The number of ether oxygens (including phenoxy) is 1. The molecule has 98 valence electrons. The maximum Gasteiger partial charge on any atom is 0.251 e. The van der Waals surface area contributed by atoms with Gasteiger partial charge in [0.25, 0.3) is 5.91 Å². The summed E-state index contributed by atoms with van der Waals surface area (Å²) >= 11 is 0. The lowest BCUT2D eigenvalue weighted by molar-refractivity contribution is 0.0938. The van der Waals surface area contributed by atoms with Crippen molar-refractivity contribution in [2.45, 2.75) is 39.0 Å². The van der Waals surface area contributed by atoms with Gasteiger partial charge in [0, 0.05) is 11.6 Å². The molecule has 4 heteroatoms. The molecule has 4 nitrogen and oxygen atoms in total. The molecule has 1 heterocycles. The standard InChI is InChI=1S/C14H20N2O2/c1-10(3-2-6-15)16-14(17)11-4-5-12-8-18-9-13(12)7-11/h4-5,7,10H,2-3,6,8-9,15H2,1H3,(H,16,17). The van der Waals surface area contributed by atoms with E-state index in [9.17, 15) is 4.79 Å². The molecule has 1 amide bonds. The monoisotopic (exact) mass is 248 g/mol. The van der Waals surface area contributed by atoms with E-state index in [4.69, 9.17) is 10.5 Å². The third-order valence-corrected chi connectivity index (χ3v) is 3.20. The average Bonchev–Trinajstić information content (AvgIpc) is 2.83. The van der Waals surface area contributed by atoms with Crippen molar-refractivity contribution in [1.29, 1.82) is 0 Å². The first-order chi connectivity index (χ1) is 8.70. The molecule has 3 N–H and O–H groups in total. The summed E-state index contributed by atoms with van der Waals surface area (Å²) in [6.07, 6.45) is 1.84. The molecule has 1 aliphatic heterocycles. The van der Waals surface area contributed by atoms with Crippen LogP contribution in [0.1, 0.15) is 41.3 Å². The molecule has 0 bridgehead atoms. The quantitative estimate of drug-likeness (QED) is 0.831. The van der Waals surface area contributed by atoms with Crippen molar-refractivity contribution in [1.82, 2.24) is 5.32 Å². The largest absolute Gasteiger partial charge is 0.372 e. The van der Waals surface area contributed by atoms with Crippen LogP contribution in [0.4, 0.5) is 0 Å². The molecule has 1 atom stereocenters. The fourth-order valence-corrected chi connectivity index (χ4v) is 2.12. The Labute approximate surface area is 108 Å². The highest BCUT2D eigenvalue weighted by Gasteiger charge is 2.15. The van der Waals surface area contributed by atoms with Crippen molar-refractivity contribution in [2.75, 3.05) is 6.54 Å². The smallest absolute Gasteiger partial charge is 0.251 e. The van der Waals surface area contributed by atoms with E-state index in [-0.39, 0.29) is 11.9 Å². The van der Waals surface area contributed by atoms with Gasteiger partial charge >= 0.3 is 0 Å². The molecule has 0 saturated heterocycles. The highest BCUT2D eigenvalue weighted by molar-refractivity contribution is 5.94. The third kappa shape index (κ3) is 3.09. The van der Waals surface area contributed by atoms with Crippen molar-refractivity contribution in [2.24, 2.45) is 5.73 Å². The van der Waals surface area contributed by atoms with E-state index in [0.717, 1.165) is 18.4 Å². The Morgan fingerprint density at radius 2 is 2.22 bits per heavy atom. The number of carbonyl (C=O) groups excluding carboxylic acids is 1. The van der Waals surface area contributed by atoms with Gasteiger partial charge in [-0.15, -0.1) is 0 Å². The van der Waals surface area contributed by atoms with Crippen LogP contribution in [0.3, 0.4) is 0 Å². The molecule has 0 fully saturated rings. The number of amides is 1. The predicted octanol–water partition coefficient (Wildman–Crippen LogP) is 1.57. The Hall–Kier alpha value is -1.39. The summed E-state index contributed by atoms with van der Waals surface area (Å²) in [5.74, 6) is -0.0192. The fraction of sp³-hybridized carbons (Fsp3) is 0.500. The summed E-state index contributed by atoms with van der Waals surface area (Å²) in [5, 5.41) is 2.99. The zero-order valence-electron chi connectivity index (χ0n) is 10.7. The van der Waals surface area contributed by atoms with Crippen LogP contribution in [0, 0.1) is 0 Å². The lowest BCUT2D eigenvalue weighted by Crippen LogP contribution is -2.32. The van der Waals surface area contributed by atoms with E-state index in [1.54, 1.807) is 0 Å². The van der Waals surface area contributed by atoms with E-state index in [0.29, 0.717) is 25.3 Å². The third-order valence-electron chi connectivity index (χ3n) is 3.20. The van der Waals surface area contributed by atoms with E-state index >= 15 is 0 Å². The van der Waals surface area contributed by atoms with Gasteiger partial charge in [-0.05, 0) is 49.6 Å². The number of benzene rings is 1. The molecule has 0 aliphatic carbocycles. The van der Waals surface area contributed by atoms with Gasteiger partial charge in [-0.25, -0.2) is 0 Å². The van der Waals surface area contributed by atoms with Gasteiger partial charge in [-0.2, -0.15) is 0 Å². The minimum Gasteiger partial charge on any atom is -0.372 e. The lowest BCUT2D eigenvalue weighted by atomic mass is 10.1. The van der Waals surface area contributed by atoms with Gasteiger partial charge in [0.1, 0.15) is 0 Å². The zero-order valence-corrected chi connectivity index (χ0v) is 10.7. The highest BCUT2D eigenvalue weighted by Crippen LogP contribution is 2.20. The summed E-state index contributed by atoms with van der Waals surface area (Å²) in [5.41, 5.74) is 8.47. The number of nitrogens with two attached hydrogens (primary N) is 1. The van der Waals surface area contributed by atoms with Crippen LogP contribution in [0.25, 0.3) is 0 Å². The number of fused-ring (bicyclic) bond motifs is 1. The topological polar surface area (TPSA) is 64.3 Å². The molecule has 1 aromatic carbocycles. The van der Waals surface area contributed by atoms with Crippen LogP contribution in [0.15, 0.2) is 18.2 Å². The van der Waals surface area contributed by atoms with E-state index in [2.05, 4.69) is 5.32 Å². The first-order valence-corrected chi connectivity index (χ1v) is 6.41. The lowest BCUT2D eigenvalue weighted by Gasteiger charge is -2.13. The molecule has 2 rings (SSSR count). The van der Waals surface area contributed by atoms with Gasteiger partial charge < -0.3 is 15.8 Å². The zero-order chi connectivity index (χ0) is 13.0. The number of rotatable bonds is 5. The van der Waals surface area contributed by atoms with Gasteiger partial charge in [-0.3, -0.25) is 4.79 Å². The number of carbonyl (C=O) groups is 1. The summed E-state index contributed by atoms with van der Waals surface area (Å²) in [6.45, 7) is 3.93. The highest BCUT2D eigenvalue weighted by atomic mass is 16.5. The van der Waals surface area contributed by atoms with Crippen LogP contribution in [-0.2, 0) is 18.0 Å². The molecule has 1 aromatic rings. The Balaban J connectivity index is 1.96. The van der Waals surface area contributed by atoms with Crippen LogP contribution in [0.2, 0.25) is 0 Å². The van der Waals surface area contributed by atoms with Crippen LogP contribution in [0.5, 0.6) is 0 Å². The van der Waals surface area contributed by atoms with Crippen LogP contribution in [-0.4, -0.2) is 18.5 Å². The second kappa shape index (κ2) is 5.98. The maximum atomic E-state index is 12.0. The Kier molecular flexibility index (Phi) is 4.33.